The molecular formula is C29H30FN3O4S. The molecule has 0 saturated heterocycles. The number of rotatable bonds is 9. The number of aromatic hydroxyl groups is 1. The number of hydrogen-bond acceptors (Lipinski definition) is 6. The van der Waals surface area contributed by atoms with E-state index in [4.69, 9.17) is 0 Å². The van der Waals surface area contributed by atoms with Crippen LogP contribution in [0.4, 0.5) is 4.39 Å². The van der Waals surface area contributed by atoms with E-state index in [9.17, 15) is 22.7 Å². The van der Waals surface area contributed by atoms with Crippen molar-refractivity contribution in [2.45, 2.75) is 62.3 Å². The zero-order valence-electron chi connectivity index (χ0n) is 21.6. The fraction of sp³-hybridized carbons (Fsp3) is 0.276. The van der Waals surface area contributed by atoms with E-state index in [-0.39, 0.29) is 16.3 Å². The highest BCUT2D eigenvalue weighted by molar-refractivity contribution is 7.91. The van der Waals surface area contributed by atoms with E-state index in [1.807, 2.05) is 19.9 Å². The van der Waals surface area contributed by atoms with Crippen molar-refractivity contribution in [3.8, 4) is 17.0 Å². The van der Waals surface area contributed by atoms with Gasteiger partial charge in [-0.1, -0.05) is 56.7 Å². The Balaban J connectivity index is 1.88. The minimum absolute atomic E-state index is 0.163. The molecule has 0 bridgehead atoms. The molecule has 0 fully saturated rings. The Hall–Kier alpha value is -3.85. The van der Waals surface area contributed by atoms with E-state index in [1.54, 1.807) is 49.5 Å². The van der Waals surface area contributed by atoms with Crippen molar-refractivity contribution in [1.29, 1.82) is 0 Å². The average Bonchev–Trinajstić information content (AvgIpc) is 2.90. The summed E-state index contributed by atoms with van der Waals surface area (Å²) in [6, 6.07) is 15.0. The number of benzene rings is 2. The Labute approximate surface area is 221 Å². The SMILES string of the molecule is CCCCc1nc(O)c(S(=O)(=O)c2ccc(-c3cccnc3C)cc2)c(=O)n1[C@@H](CC)c1ccccc1F. The van der Waals surface area contributed by atoms with Crippen molar-refractivity contribution >= 4 is 9.84 Å². The van der Waals surface area contributed by atoms with Gasteiger partial charge in [0.15, 0.2) is 4.90 Å². The predicted octanol–water partition coefficient (Wildman–Crippen LogP) is 5.63. The normalized spacial score (nSPS) is 12.4. The second-order valence-corrected chi connectivity index (χ2v) is 11.0. The van der Waals surface area contributed by atoms with Gasteiger partial charge in [-0.25, -0.2) is 12.8 Å². The number of hydrogen-bond donors (Lipinski definition) is 1. The molecule has 0 aliphatic rings. The molecule has 0 radical (unpaired) electrons. The minimum Gasteiger partial charge on any atom is -0.492 e. The average molecular weight is 536 g/mol. The van der Waals surface area contributed by atoms with E-state index in [1.165, 1.54) is 22.8 Å². The maximum atomic E-state index is 14.8. The van der Waals surface area contributed by atoms with Gasteiger partial charge in [0.25, 0.3) is 5.56 Å². The van der Waals surface area contributed by atoms with Crippen LogP contribution in [0.1, 0.15) is 56.2 Å². The van der Waals surface area contributed by atoms with Crippen LogP contribution in [0.25, 0.3) is 11.1 Å². The predicted molar refractivity (Wildman–Crippen MR) is 143 cm³/mol. The quantitative estimate of drug-likeness (QED) is 0.298. The smallest absolute Gasteiger partial charge is 0.277 e. The van der Waals surface area contributed by atoms with Crippen molar-refractivity contribution in [3.05, 3.63) is 100 Å². The van der Waals surface area contributed by atoms with Crippen LogP contribution >= 0.6 is 0 Å². The van der Waals surface area contributed by atoms with E-state index in [2.05, 4.69) is 9.97 Å². The summed E-state index contributed by atoms with van der Waals surface area (Å²) >= 11 is 0. The highest BCUT2D eigenvalue weighted by atomic mass is 32.2. The largest absolute Gasteiger partial charge is 0.492 e. The summed E-state index contributed by atoms with van der Waals surface area (Å²) in [5.41, 5.74) is 1.72. The van der Waals surface area contributed by atoms with E-state index in [0.717, 1.165) is 23.2 Å². The van der Waals surface area contributed by atoms with E-state index < -0.39 is 38.0 Å². The van der Waals surface area contributed by atoms with Gasteiger partial charge in [0, 0.05) is 29.4 Å². The van der Waals surface area contributed by atoms with Crippen molar-refractivity contribution < 1.29 is 17.9 Å². The molecule has 4 aromatic rings. The van der Waals surface area contributed by atoms with Gasteiger partial charge < -0.3 is 5.11 Å². The monoisotopic (exact) mass is 535 g/mol. The third kappa shape index (κ3) is 5.11. The number of aryl methyl sites for hydroxylation is 2. The van der Waals surface area contributed by atoms with Gasteiger partial charge in [0.2, 0.25) is 15.7 Å². The second kappa shape index (κ2) is 11.3. The maximum Gasteiger partial charge on any atom is 0.277 e. The lowest BCUT2D eigenvalue weighted by Gasteiger charge is -2.23. The summed E-state index contributed by atoms with van der Waals surface area (Å²) in [6.07, 6.45) is 3.75. The fourth-order valence-electron chi connectivity index (χ4n) is 4.62. The zero-order chi connectivity index (χ0) is 27.4. The van der Waals surface area contributed by atoms with Gasteiger partial charge in [-0.3, -0.25) is 14.3 Å². The summed E-state index contributed by atoms with van der Waals surface area (Å²) in [6.45, 7) is 5.60. The molecule has 1 atom stereocenters. The molecule has 9 heteroatoms. The molecule has 0 saturated carbocycles. The number of halogens is 1. The standard InChI is InChI=1S/C29H30FN3O4S/c1-4-6-13-26-32-28(34)27(29(35)33(26)25(5-2)23-10-7-8-12-24(23)30)38(36,37)21-16-14-20(15-17-21)22-11-9-18-31-19(22)3/h7-12,14-18,25,34H,4-6,13H2,1-3H3/t25-/m0/s1. The number of aromatic nitrogens is 3. The van der Waals surface area contributed by atoms with Crippen LogP contribution in [0.5, 0.6) is 5.88 Å². The first kappa shape index (κ1) is 27.2. The van der Waals surface area contributed by atoms with E-state index in [0.29, 0.717) is 19.3 Å². The van der Waals surface area contributed by atoms with Crippen LogP contribution in [0.2, 0.25) is 0 Å². The Bertz CT molecular complexity index is 1620. The Morgan fingerprint density at radius 1 is 1.03 bits per heavy atom. The van der Waals surface area contributed by atoms with Crippen LogP contribution in [-0.2, 0) is 16.3 Å². The molecule has 7 nitrogen and oxygen atoms in total. The van der Waals surface area contributed by atoms with E-state index >= 15 is 0 Å². The topological polar surface area (TPSA) is 102 Å². The summed E-state index contributed by atoms with van der Waals surface area (Å²) in [5.74, 6) is -1.15. The molecule has 0 amide bonds. The molecule has 0 aliphatic carbocycles. The molecule has 0 aliphatic heterocycles. The van der Waals surface area contributed by atoms with Crippen molar-refractivity contribution in [1.82, 2.24) is 14.5 Å². The maximum absolute atomic E-state index is 14.8. The molecule has 4 rings (SSSR count). The number of pyridine rings is 1. The molecule has 2 heterocycles. The van der Waals surface area contributed by atoms with Gasteiger partial charge in [-0.2, -0.15) is 4.98 Å². The molecular weight excluding hydrogens is 505 g/mol. The molecule has 1 N–H and O–H groups in total. The summed E-state index contributed by atoms with van der Waals surface area (Å²) in [7, 11) is -4.46. The van der Waals surface area contributed by atoms with Gasteiger partial charge >= 0.3 is 0 Å². The van der Waals surface area contributed by atoms with Crippen LogP contribution in [0, 0.1) is 12.7 Å². The van der Waals surface area contributed by atoms with Gasteiger partial charge in [0.05, 0.1) is 10.9 Å². The number of unbranched alkanes of at least 4 members (excludes halogenated alkanes) is 1. The lowest BCUT2D eigenvalue weighted by molar-refractivity contribution is 0.403. The van der Waals surface area contributed by atoms with Crippen LogP contribution < -0.4 is 5.56 Å². The first-order valence-electron chi connectivity index (χ1n) is 12.6. The van der Waals surface area contributed by atoms with Crippen LogP contribution in [-0.4, -0.2) is 28.1 Å². The van der Waals surface area contributed by atoms with Crippen LogP contribution in [0.3, 0.4) is 0 Å². The fourth-order valence-corrected chi connectivity index (χ4v) is 5.97. The Morgan fingerprint density at radius 3 is 2.37 bits per heavy atom. The van der Waals surface area contributed by atoms with Crippen molar-refractivity contribution in [2.24, 2.45) is 0 Å². The van der Waals surface area contributed by atoms with Gasteiger partial charge in [-0.05, 0) is 49.6 Å². The van der Waals surface area contributed by atoms with Crippen molar-refractivity contribution in [2.75, 3.05) is 0 Å². The zero-order valence-corrected chi connectivity index (χ0v) is 22.4. The molecule has 0 unspecified atom stereocenters. The minimum atomic E-state index is -4.46. The summed E-state index contributed by atoms with van der Waals surface area (Å²) < 4.78 is 43.4. The first-order valence-corrected chi connectivity index (χ1v) is 14.0. The second-order valence-electron chi connectivity index (χ2n) is 9.07. The van der Waals surface area contributed by atoms with Crippen LogP contribution in [0.15, 0.2) is 81.4 Å². The lowest BCUT2D eigenvalue weighted by Crippen LogP contribution is -2.34. The summed E-state index contributed by atoms with van der Waals surface area (Å²) in [4.78, 5) is 21.3. The Kier molecular flexibility index (Phi) is 8.06. The summed E-state index contributed by atoms with van der Waals surface area (Å²) in [5, 5.41) is 10.8. The van der Waals surface area contributed by atoms with Gasteiger partial charge in [0.1, 0.15) is 11.6 Å². The number of nitrogens with zero attached hydrogens (tertiary/aromatic N) is 3. The molecule has 2 aromatic heterocycles. The highest BCUT2D eigenvalue weighted by Crippen LogP contribution is 2.31. The third-order valence-corrected chi connectivity index (χ3v) is 8.38. The Morgan fingerprint density at radius 2 is 1.74 bits per heavy atom. The molecule has 38 heavy (non-hydrogen) atoms. The van der Waals surface area contributed by atoms with Gasteiger partial charge in [-0.15, -0.1) is 0 Å². The molecule has 198 valence electrons. The number of sulfone groups is 1. The molecule has 0 spiro atoms. The first-order chi connectivity index (χ1) is 18.2. The lowest BCUT2D eigenvalue weighted by atomic mass is 10.0. The third-order valence-electron chi connectivity index (χ3n) is 6.60. The highest BCUT2D eigenvalue weighted by Gasteiger charge is 2.32. The molecule has 2 aromatic carbocycles. The van der Waals surface area contributed by atoms with Crippen molar-refractivity contribution in [3.63, 3.8) is 0 Å².